The molecule has 0 aliphatic carbocycles. The van der Waals surface area contributed by atoms with Crippen molar-refractivity contribution < 1.29 is 14.3 Å². The summed E-state index contributed by atoms with van der Waals surface area (Å²) in [5.41, 5.74) is 2.67. The highest BCUT2D eigenvalue weighted by Gasteiger charge is 2.07. The molecular weight excluding hydrogens is 278 g/mol. The number of aryl methyl sites for hydroxylation is 2. The first-order valence-electron chi connectivity index (χ1n) is 6.99. The number of carbonyl (C=O) groups excluding carboxylic acids is 1. The molecule has 0 aliphatic rings. The fourth-order valence-corrected chi connectivity index (χ4v) is 1.89. The number of ether oxygens (including phenoxy) is 2. The van der Waals surface area contributed by atoms with E-state index < -0.39 is 0 Å². The molecule has 0 spiro atoms. The summed E-state index contributed by atoms with van der Waals surface area (Å²) in [4.78, 5) is 11.7. The smallest absolute Gasteiger partial charge is 0.314 e. The van der Waals surface area contributed by atoms with Crippen molar-refractivity contribution in [3.8, 4) is 17.6 Å². The van der Waals surface area contributed by atoms with Crippen LogP contribution in [0.1, 0.15) is 23.1 Å². The normalized spacial score (nSPS) is 9.86. The number of nitriles is 1. The Morgan fingerprint density at radius 2 is 1.86 bits per heavy atom. The standard InChI is InChI=1S/C18H17NO3/c1-13-3-4-14(2)17(11-13)21-10-9-18(20)22-16-7-5-15(12-19)6-8-16/h3-8,11H,9-10H2,1-2H3. The third-order valence-corrected chi connectivity index (χ3v) is 3.12. The third-order valence-electron chi connectivity index (χ3n) is 3.12. The molecule has 0 amide bonds. The van der Waals surface area contributed by atoms with Gasteiger partial charge in [0.2, 0.25) is 0 Å². The highest BCUT2D eigenvalue weighted by Crippen LogP contribution is 2.19. The van der Waals surface area contributed by atoms with Gasteiger partial charge in [0, 0.05) is 0 Å². The number of hydrogen-bond donors (Lipinski definition) is 0. The Kier molecular flexibility index (Phi) is 5.16. The second kappa shape index (κ2) is 7.28. The first-order chi connectivity index (χ1) is 10.6. The number of nitrogens with zero attached hydrogens (tertiary/aromatic N) is 1. The molecule has 0 saturated heterocycles. The molecule has 0 heterocycles. The zero-order chi connectivity index (χ0) is 15.9. The molecule has 0 fully saturated rings. The second-order valence-corrected chi connectivity index (χ2v) is 4.98. The summed E-state index contributed by atoms with van der Waals surface area (Å²) in [5, 5.41) is 8.70. The van der Waals surface area contributed by atoms with Gasteiger partial charge in [-0.15, -0.1) is 0 Å². The Hall–Kier alpha value is -2.80. The van der Waals surface area contributed by atoms with Crippen molar-refractivity contribution in [2.24, 2.45) is 0 Å². The minimum atomic E-state index is -0.366. The predicted octanol–water partition coefficient (Wildman–Crippen LogP) is 3.55. The molecule has 0 radical (unpaired) electrons. The van der Waals surface area contributed by atoms with Gasteiger partial charge in [0.25, 0.3) is 0 Å². The van der Waals surface area contributed by atoms with E-state index >= 15 is 0 Å². The van der Waals surface area contributed by atoms with Gasteiger partial charge in [-0.25, -0.2) is 0 Å². The lowest BCUT2D eigenvalue weighted by atomic mass is 10.1. The molecule has 2 aromatic carbocycles. The van der Waals surface area contributed by atoms with Gasteiger partial charge < -0.3 is 9.47 Å². The van der Waals surface area contributed by atoms with E-state index in [0.717, 1.165) is 16.9 Å². The SMILES string of the molecule is Cc1ccc(C)c(OCCC(=O)Oc2ccc(C#N)cc2)c1. The molecule has 0 saturated carbocycles. The fraction of sp³-hybridized carbons (Fsp3) is 0.222. The highest BCUT2D eigenvalue weighted by atomic mass is 16.5. The molecule has 4 heteroatoms. The van der Waals surface area contributed by atoms with Gasteiger partial charge in [-0.2, -0.15) is 5.26 Å². The van der Waals surface area contributed by atoms with Gasteiger partial charge in [-0.05, 0) is 55.3 Å². The van der Waals surface area contributed by atoms with Gasteiger partial charge in [-0.3, -0.25) is 4.79 Å². The number of esters is 1. The summed E-state index contributed by atoms with van der Waals surface area (Å²) < 4.78 is 10.8. The number of rotatable bonds is 5. The number of carbonyl (C=O) groups is 1. The van der Waals surface area contributed by atoms with Crippen molar-refractivity contribution in [2.75, 3.05) is 6.61 Å². The molecule has 22 heavy (non-hydrogen) atoms. The lowest BCUT2D eigenvalue weighted by Crippen LogP contribution is -2.12. The van der Waals surface area contributed by atoms with E-state index in [1.54, 1.807) is 24.3 Å². The summed E-state index contributed by atoms with van der Waals surface area (Å²) in [6.45, 7) is 4.22. The van der Waals surface area contributed by atoms with E-state index in [0.29, 0.717) is 11.3 Å². The molecule has 0 bridgehead atoms. The summed E-state index contributed by atoms with van der Waals surface area (Å²) >= 11 is 0. The van der Waals surface area contributed by atoms with Crippen LogP contribution >= 0.6 is 0 Å². The monoisotopic (exact) mass is 295 g/mol. The molecule has 0 atom stereocenters. The average molecular weight is 295 g/mol. The van der Waals surface area contributed by atoms with Crippen molar-refractivity contribution in [3.63, 3.8) is 0 Å². The second-order valence-electron chi connectivity index (χ2n) is 4.98. The summed E-state index contributed by atoms with van der Waals surface area (Å²) in [5.74, 6) is 0.844. The van der Waals surface area contributed by atoms with Crippen LogP contribution in [0.3, 0.4) is 0 Å². The number of benzene rings is 2. The van der Waals surface area contributed by atoms with Crippen LogP contribution < -0.4 is 9.47 Å². The van der Waals surface area contributed by atoms with Crippen LogP contribution in [-0.2, 0) is 4.79 Å². The zero-order valence-corrected chi connectivity index (χ0v) is 12.6. The van der Waals surface area contributed by atoms with E-state index in [2.05, 4.69) is 0 Å². The Balaban J connectivity index is 1.82. The molecule has 0 aliphatic heterocycles. The van der Waals surface area contributed by atoms with E-state index in [-0.39, 0.29) is 19.0 Å². The van der Waals surface area contributed by atoms with Crippen LogP contribution in [0.4, 0.5) is 0 Å². The molecule has 0 aromatic heterocycles. The summed E-state index contributed by atoms with van der Waals surface area (Å²) in [6, 6.07) is 14.4. The molecule has 0 N–H and O–H groups in total. The van der Waals surface area contributed by atoms with Gasteiger partial charge in [0.05, 0.1) is 24.7 Å². The van der Waals surface area contributed by atoms with Gasteiger partial charge >= 0.3 is 5.97 Å². The zero-order valence-electron chi connectivity index (χ0n) is 12.6. The van der Waals surface area contributed by atoms with Crippen LogP contribution in [0.5, 0.6) is 11.5 Å². The largest absolute Gasteiger partial charge is 0.493 e. The van der Waals surface area contributed by atoms with Crippen molar-refractivity contribution in [3.05, 3.63) is 59.2 Å². The van der Waals surface area contributed by atoms with Gasteiger partial charge in [0.1, 0.15) is 11.5 Å². The van der Waals surface area contributed by atoms with Crippen LogP contribution in [0.2, 0.25) is 0 Å². The first-order valence-corrected chi connectivity index (χ1v) is 6.99. The quantitative estimate of drug-likeness (QED) is 0.625. The topological polar surface area (TPSA) is 59.3 Å². The van der Waals surface area contributed by atoms with Gasteiger partial charge in [-0.1, -0.05) is 12.1 Å². The minimum Gasteiger partial charge on any atom is -0.493 e. The molecule has 2 rings (SSSR count). The molecule has 2 aromatic rings. The van der Waals surface area contributed by atoms with Crippen LogP contribution in [0.25, 0.3) is 0 Å². The van der Waals surface area contributed by atoms with E-state index in [1.807, 2.05) is 38.1 Å². The lowest BCUT2D eigenvalue weighted by Gasteiger charge is -2.10. The Morgan fingerprint density at radius 3 is 2.55 bits per heavy atom. The Labute approximate surface area is 129 Å². The predicted molar refractivity (Wildman–Crippen MR) is 82.8 cm³/mol. The highest BCUT2D eigenvalue weighted by molar-refractivity contribution is 5.72. The maximum absolute atomic E-state index is 11.7. The fourth-order valence-electron chi connectivity index (χ4n) is 1.89. The van der Waals surface area contributed by atoms with E-state index in [1.165, 1.54) is 0 Å². The van der Waals surface area contributed by atoms with Crippen molar-refractivity contribution in [1.29, 1.82) is 5.26 Å². The van der Waals surface area contributed by atoms with Gasteiger partial charge in [0.15, 0.2) is 0 Å². The molecular formula is C18H17NO3. The first kappa shape index (κ1) is 15.6. The third kappa shape index (κ3) is 4.35. The lowest BCUT2D eigenvalue weighted by molar-refractivity contribution is -0.134. The van der Waals surface area contributed by atoms with Crippen molar-refractivity contribution >= 4 is 5.97 Å². The average Bonchev–Trinajstić information content (AvgIpc) is 2.51. The Morgan fingerprint density at radius 1 is 1.14 bits per heavy atom. The maximum Gasteiger partial charge on any atom is 0.314 e. The van der Waals surface area contributed by atoms with E-state index in [4.69, 9.17) is 14.7 Å². The van der Waals surface area contributed by atoms with Crippen molar-refractivity contribution in [1.82, 2.24) is 0 Å². The molecule has 4 nitrogen and oxygen atoms in total. The number of hydrogen-bond acceptors (Lipinski definition) is 4. The molecule has 112 valence electrons. The van der Waals surface area contributed by atoms with Crippen LogP contribution in [0.15, 0.2) is 42.5 Å². The summed E-state index contributed by atoms with van der Waals surface area (Å²) in [6.07, 6.45) is 0.160. The van der Waals surface area contributed by atoms with E-state index in [9.17, 15) is 4.79 Å². The summed E-state index contributed by atoms with van der Waals surface area (Å²) in [7, 11) is 0. The Bertz CT molecular complexity index is 699. The maximum atomic E-state index is 11.7. The van der Waals surface area contributed by atoms with Crippen LogP contribution in [0, 0.1) is 25.2 Å². The minimum absolute atomic E-state index is 0.160. The molecule has 0 unspecified atom stereocenters. The van der Waals surface area contributed by atoms with Crippen molar-refractivity contribution in [2.45, 2.75) is 20.3 Å². The van der Waals surface area contributed by atoms with Crippen LogP contribution in [-0.4, -0.2) is 12.6 Å².